The summed E-state index contributed by atoms with van der Waals surface area (Å²) >= 11 is 5.66. The molecule has 0 spiro atoms. The second-order valence-electron chi connectivity index (χ2n) is 4.48. The molecule has 2 aromatic carbocycles. The first-order chi connectivity index (χ1) is 10.0. The first-order valence-corrected chi connectivity index (χ1v) is 8.04. The molecule has 3 aromatic rings. The van der Waals surface area contributed by atoms with Crippen molar-refractivity contribution in [3.8, 4) is 0 Å². The summed E-state index contributed by atoms with van der Waals surface area (Å²) < 4.78 is 27.0. The van der Waals surface area contributed by atoms with Crippen LogP contribution in [0.25, 0.3) is 10.8 Å². The first-order valence-electron chi connectivity index (χ1n) is 6.18. The number of anilines is 1. The molecule has 0 atom stereocenters. The van der Waals surface area contributed by atoms with E-state index in [0.29, 0.717) is 5.69 Å². The average Bonchev–Trinajstić information content (AvgIpc) is 2.47. The molecule has 0 aliphatic carbocycles. The van der Waals surface area contributed by atoms with Crippen LogP contribution in [0.15, 0.2) is 65.7 Å². The van der Waals surface area contributed by atoms with Crippen LogP contribution >= 0.6 is 11.6 Å². The Hall–Kier alpha value is -2.11. The van der Waals surface area contributed by atoms with Crippen molar-refractivity contribution >= 4 is 38.1 Å². The number of hydrogen-bond donors (Lipinski definition) is 1. The molecule has 0 saturated carbocycles. The van der Waals surface area contributed by atoms with Crippen molar-refractivity contribution in [1.29, 1.82) is 0 Å². The second-order valence-corrected chi connectivity index (χ2v) is 6.55. The summed E-state index contributed by atoms with van der Waals surface area (Å²) in [6.07, 6.45) is 1.23. The topological polar surface area (TPSA) is 59.1 Å². The van der Waals surface area contributed by atoms with Crippen molar-refractivity contribution < 1.29 is 8.42 Å². The fourth-order valence-corrected chi connectivity index (χ4v) is 3.09. The SMILES string of the molecule is O=S(=O)(Nc1ccc2ccccc2c1)c1ccc(Cl)nc1. The maximum absolute atomic E-state index is 12.3. The highest BCUT2D eigenvalue weighted by molar-refractivity contribution is 7.92. The van der Waals surface area contributed by atoms with Crippen molar-refractivity contribution in [3.05, 3.63) is 65.9 Å². The van der Waals surface area contributed by atoms with Crippen molar-refractivity contribution in [2.24, 2.45) is 0 Å². The van der Waals surface area contributed by atoms with Gasteiger partial charge in [0.2, 0.25) is 0 Å². The van der Waals surface area contributed by atoms with E-state index in [1.807, 2.05) is 30.3 Å². The zero-order chi connectivity index (χ0) is 14.9. The van der Waals surface area contributed by atoms with Gasteiger partial charge in [0.25, 0.3) is 10.0 Å². The molecule has 3 rings (SSSR count). The van der Waals surface area contributed by atoms with Crippen LogP contribution in [0.2, 0.25) is 5.15 Å². The lowest BCUT2D eigenvalue weighted by Gasteiger charge is -2.08. The Labute approximate surface area is 127 Å². The molecule has 0 amide bonds. The van der Waals surface area contributed by atoms with Gasteiger partial charge in [0.1, 0.15) is 10.0 Å². The van der Waals surface area contributed by atoms with Crippen LogP contribution in [0.4, 0.5) is 5.69 Å². The third-order valence-corrected chi connectivity index (χ3v) is 4.60. The maximum atomic E-state index is 12.3. The number of halogens is 1. The molecule has 6 heteroatoms. The fraction of sp³-hybridized carbons (Fsp3) is 0. The van der Waals surface area contributed by atoms with Crippen LogP contribution in [0.5, 0.6) is 0 Å². The highest BCUT2D eigenvalue weighted by atomic mass is 35.5. The van der Waals surface area contributed by atoms with E-state index < -0.39 is 10.0 Å². The Bertz CT molecular complexity index is 893. The summed E-state index contributed by atoms with van der Waals surface area (Å²) in [7, 11) is -3.67. The van der Waals surface area contributed by atoms with E-state index in [2.05, 4.69) is 9.71 Å². The van der Waals surface area contributed by atoms with Gasteiger partial charge in [-0.1, -0.05) is 41.9 Å². The number of nitrogens with one attached hydrogen (secondary N) is 1. The van der Waals surface area contributed by atoms with Gasteiger partial charge in [0, 0.05) is 11.9 Å². The molecule has 0 saturated heterocycles. The average molecular weight is 319 g/mol. The monoisotopic (exact) mass is 318 g/mol. The number of hydrogen-bond acceptors (Lipinski definition) is 3. The van der Waals surface area contributed by atoms with Crippen molar-refractivity contribution in [1.82, 2.24) is 4.98 Å². The quantitative estimate of drug-likeness (QED) is 0.749. The van der Waals surface area contributed by atoms with Gasteiger partial charge in [-0.05, 0) is 35.0 Å². The standard InChI is InChI=1S/C15H11ClN2O2S/c16-15-8-7-14(10-17-15)21(19,20)18-13-6-5-11-3-1-2-4-12(11)9-13/h1-10,18H. The zero-order valence-electron chi connectivity index (χ0n) is 10.8. The molecule has 4 nitrogen and oxygen atoms in total. The lowest BCUT2D eigenvalue weighted by Crippen LogP contribution is -2.13. The van der Waals surface area contributed by atoms with Gasteiger partial charge in [-0.2, -0.15) is 0 Å². The molecule has 0 fully saturated rings. The van der Waals surface area contributed by atoms with Crippen molar-refractivity contribution in [3.63, 3.8) is 0 Å². The van der Waals surface area contributed by atoms with Gasteiger partial charge in [-0.15, -0.1) is 0 Å². The van der Waals surface area contributed by atoms with E-state index in [9.17, 15) is 8.42 Å². The Kier molecular flexibility index (Phi) is 3.53. The molecule has 0 aliphatic rings. The van der Waals surface area contributed by atoms with Gasteiger partial charge in [-0.25, -0.2) is 13.4 Å². The molecule has 1 aromatic heterocycles. The van der Waals surface area contributed by atoms with E-state index >= 15 is 0 Å². The van der Waals surface area contributed by atoms with E-state index in [1.165, 1.54) is 18.3 Å². The maximum Gasteiger partial charge on any atom is 0.263 e. The molecule has 0 radical (unpaired) electrons. The first kappa shape index (κ1) is 13.9. The number of pyridine rings is 1. The van der Waals surface area contributed by atoms with E-state index in [4.69, 9.17) is 11.6 Å². The van der Waals surface area contributed by atoms with E-state index in [0.717, 1.165) is 10.8 Å². The normalized spacial score (nSPS) is 11.5. The summed E-state index contributed by atoms with van der Waals surface area (Å²) in [6.45, 7) is 0. The number of sulfonamides is 1. The number of fused-ring (bicyclic) bond motifs is 1. The van der Waals surface area contributed by atoms with Crippen molar-refractivity contribution in [2.45, 2.75) is 4.90 Å². The minimum atomic E-state index is -3.67. The van der Waals surface area contributed by atoms with E-state index in [1.54, 1.807) is 12.1 Å². The minimum absolute atomic E-state index is 0.0695. The molecule has 0 bridgehead atoms. The summed E-state index contributed by atoms with van der Waals surface area (Å²) in [5.74, 6) is 0. The molecule has 0 aliphatic heterocycles. The van der Waals surface area contributed by atoms with Gasteiger partial charge in [0.05, 0.1) is 0 Å². The van der Waals surface area contributed by atoms with E-state index in [-0.39, 0.29) is 10.0 Å². The second kappa shape index (κ2) is 5.35. The van der Waals surface area contributed by atoms with Gasteiger partial charge in [0.15, 0.2) is 0 Å². The number of aromatic nitrogens is 1. The smallest absolute Gasteiger partial charge is 0.263 e. The summed E-state index contributed by atoms with van der Waals surface area (Å²) in [4.78, 5) is 3.85. The number of nitrogens with zero attached hydrogens (tertiary/aromatic N) is 1. The lowest BCUT2D eigenvalue weighted by molar-refractivity contribution is 0.601. The minimum Gasteiger partial charge on any atom is -0.280 e. The third kappa shape index (κ3) is 2.99. The predicted octanol–water partition coefficient (Wildman–Crippen LogP) is 3.69. The molecule has 1 N–H and O–H groups in total. The fourth-order valence-electron chi connectivity index (χ4n) is 1.99. The Morgan fingerprint density at radius 2 is 1.71 bits per heavy atom. The number of benzene rings is 2. The predicted molar refractivity (Wildman–Crippen MR) is 84.0 cm³/mol. The van der Waals surface area contributed by atoms with Crippen LogP contribution in [0, 0.1) is 0 Å². The Balaban J connectivity index is 1.95. The summed E-state index contributed by atoms with van der Waals surface area (Å²) in [5, 5.41) is 2.26. The highest BCUT2D eigenvalue weighted by Gasteiger charge is 2.14. The van der Waals surface area contributed by atoms with Crippen LogP contribution in [0.1, 0.15) is 0 Å². The summed E-state index contributed by atoms with van der Waals surface area (Å²) in [5.41, 5.74) is 0.503. The molecule has 106 valence electrons. The Morgan fingerprint density at radius 1 is 0.952 bits per heavy atom. The van der Waals surface area contributed by atoms with Crippen LogP contribution in [0.3, 0.4) is 0 Å². The van der Waals surface area contributed by atoms with Gasteiger partial charge in [-0.3, -0.25) is 4.72 Å². The molecular weight excluding hydrogens is 308 g/mol. The Morgan fingerprint density at radius 3 is 2.43 bits per heavy atom. The molecule has 21 heavy (non-hydrogen) atoms. The molecule has 1 heterocycles. The molecule has 0 unspecified atom stereocenters. The van der Waals surface area contributed by atoms with Crippen LogP contribution in [-0.2, 0) is 10.0 Å². The highest BCUT2D eigenvalue weighted by Crippen LogP contribution is 2.21. The largest absolute Gasteiger partial charge is 0.280 e. The van der Waals surface area contributed by atoms with Crippen LogP contribution < -0.4 is 4.72 Å². The number of rotatable bonds is 3. The van der Waals surface area contributed by atoms with Gasteiger partial charge < -0.3 is 0 Å². The third-order valence-electron chi connectivity index (χ3n) is 3.01. The lowest BCUT2D eigenvalue weighted by atomic mass is 10.1. The van der Waals surface area contributed by atoms with Crippen LogP contribution in [-0.4, -0.2) is 13.4 Å². The van der Waals surface area contributed by atoms with Gasteiger partial charge >= 0.3 is 0 Å². The molecular formula is C15H11ClN2O2S. The summed E-state index contributed by atoms with van der Waals surface area (Å²) in [6, 6.07) is 16.0. The zero-order valence-corrected chi connectivity index (χ0v) is 12.4. The van der Waals surface area contributed by atoms with Crippen molar-refractivity contribution in [2.75, 3.05) is 4.72 Å².